The van der Waals surface area contributed by atoms with Crippen LogP contribution in [0.3, 0.4) is 0 Å². The molecule has 178 valence electrons. The van der Waals surface area contributed by atoms with Crippen molar-refractivity contribution in [3.05, 3.63) is 40.9 Å². The van der Waals surface area contributed by atoms with E-state index < -0.39 is 5.91 Å². The van der Waals surface area contributed by atoms with Crippen LogP contribution in [-0.2, 0) is 4.79 Å². The van der Waals surface area contributed by atoms with Gasteiger partial charge in [-0.15, -0.1) is 5.10 Å². The molecule has 0 spiro atoms. The van der Waals surface area contributed by atoms with Crippen LogP contribution in [0.1, 0.15) is 29.4 Å². The molecule has 0 aliphatic carbocycles. The van der Waals surface area contributed by atoms with Gasteiger partial charge in [-0.25, -0.2) is 4.98 Å². The van der Waals surface area contributed by atoms with Gasteiger partial charge >= 0.3 is 0 Å². The number of rotatable bonds is 7. The summed E-state index contributed by atoms with van der Waals surface area (Å²) in [4.78, 5) is 34.7. The maximum atomic E-state index is 13.1. The fraction of sp³-hybridized carbons (Fsp3) is 0.364. The first kappa shape index (κ1) is 23.8. The van der Waals surface area contributed by atoms with E-state index in [9.17, 15) is 9.59 Å². The van der Waals surface area contributed by atoms with E-state index in [1.165, 1.54) is 19.5 Å². The number of pyridine rings is 2. The number of hydrogen-bond acceptors (Lipinski definition) is 9. The average Bonchev–Trinajstić information content (AvgIpc) is 3.47. The van der Waals surface area contributed by atoms with Crippen LogP contribution in [0.25, 0.3) is 11.1 Å². The van der Waals surface area contributed by atoms with Crippen LogP contribution in [0.15, 0.2) is 24.5 Å². The molecule has 12 heteroatoms. The van der Waals surface area contributed by atoms with Crippen molar-refractivity contribution in [3.8, 4) is 22.1 Å². The number of amides is 2. The molecule has 0 aromatic carbocycles. The Morgan fingerprint density at radius 2 is 2.06 bits per heavy atom. The first-order valence-corrected chi connectivity index (χ1v) is 11.7. The molecule has 10 nitrogen and oxygen atoms in total. The van der Waals surface area contributed by atoms with Crippen LogP contribution in [0.4, 0.5) is 5.13 Å². The van der Waals surface area contributed by atoms with Crippen LogP contribution in [0.2, 0.25) is 5.15 Å². The highest BCUT2D eigenvalue weighted by Crippen LogP contribution is 2.34. The highest BCUT2D eigenvalue weighted by molar-refractivity contribution is 7.17. The second-order valence-corrected chi connectivity index (χ2v) is 9.16. The van der Waals surface area contributed by atoms with Crippen molar-refractivity contribution in [1.82, 2.24) is 25.1 Å². The summed E-state index contributed by atoms with van der Waals surface area (Å²) < 4.78 is 11.2. The Morgan fingerprint density at radius 1 is 1.24 bits per heavy atom. The number of nitrogens with zero attached hydrogens (tertiary/aromatic N) is 5. The van der Waals surface area contributed by atoms with Gasteiger partial charge in [-0.3, -0.25) is 19.9 Å². The van der Waals surface area contributed by atoms with Crippen molar-refractivity contribution in [2.24, 2.45) is 5.92 Å². The number of aryl methyl sites for hydroxylation is 1. The lowest BCUT2D eigenvalue weighted by molar-refractivity contribution is -0.127. The minimum atomic E-state index is -0.409. The molecule has 0 unspecified atom stereocenters. The Labute approximate surface area is 205 Å². The Bertz CT molecular complexity index is 1220. The summed E-state index contributed by atoms with van der Waals surface area (Å²) in [7, 11) is 1.52. The number of halogens is 1. The quantitative estimate of drug-likeness (QED) is 0.488. The van der Waals surface area contributed by atoms with Gasteiger partial charge in [-0.2, -0.15) is 0 Å². The molecule has 34 heavy (non-hydrogen) atoms. The summed E-state index contributed by atoms with van der Waals surface area (Å²) in [6, 6.07) is 3.42. The van der Waals surface area contributed by atoms with Gasteiger partial charge in [-0.05, 0) is 36.8 Å². The summed E-state index contributed by atoms with van der Waals surface area (Å²) in [5, 5.41) is 11.7. The van der Waals surface area contributed by atoms with Crippen molar-refractivity contribution >= 4 is 39.9 Å². The van der Waals surface area contributed by atoms with E-state index in [0.717, 1.165) is 30.0 Å². The predicted octanol–water partition coefficient (Wildman–Crippen LogP) is 3.47. The zero-order chi connectivity index (χ0) is 24.2. The Kier molecular flexibility index (Phi) is 7.23. The molecule has 3 aromatic rings. The molecule has 4 rings (SSSR count). The summed E-state index contributed by atoms with van der Waals surface area (Å²) in [5.41, 5.74) is 2.27. The van der Waals surface area contributed by atoms with E-state index in [0.29, 0.717) is 45.9 Å². The van der Waals surface area contributed by atoms with Crippen molar-refractivity contribution < 1.29 is 19.1 Å². The summed E-state index contributed by atoms with van der Waals surface area (Å²) >= 11 is 7.22. The Morgan fingerprint density at radius 3 is 2.79 bits per heavy atom. The van der Waals surface area contributed by atoms with Gasteiger partial charge in [0.05, 0.1) is 25.5 Å². The number of anilines is 1. The molecule has 0 saturated carbocycles. The molecule has 1 fully saturated rings. The second-order valence-electron chi connectivity index (χ2n) is 7.84. The van der Waals surface area contributed by atoms with E-state index in [1.54, 1.807) is 24.0 Å². The molecule has 3 aromatic heterocycles. The molecular formula is C22H23ClN6O4S. The zero-order valence-electron chi connectivity index (χ0n) is 18.9. The summed E-state index contributed by atoms with van der Waals surface area (Å²) in [6.45, 7) is 5.23. The molecule has 1 aliphatic heterocycles. The number of carbonyl (C=O) groups excluding carboxylic acids is 2. The number of ether oxygens (including phenoxy) is 2. The van der Waals surface area contributed by atoms with E-state index in [4.69, 9.17) is 21.1 Å². The van der Waals surface area contributed by atoms with Gasteiger partial charge in [0.25, 0.3) is 11.1 Å². The number of hydrogen-bond donors (Lipinski definition) is 1. The maximum Gasteiger partial charge on any atom is 0.295 e. The van der Waals surface area contributed by atoms with Gasteiger partial charge in [0.2, 0.25) is 11.0 Å². The largest absolute Gasteiger partial charge is 0.494 e. The van der Waals surface area contributed by atoms with Crippen LogP contribution in [0.5, 0.6) is 10.9 Å². The average molecular weight is 503 g/mol. The fourth-order valence-electron chi connectivity index (χ4n) is 3.68. The lowest BCUT2D eigenvalue weighted by Crippen LogP contribution is -2.26. The van der Waals surface area contributed by atoms with Crippen LogP contribution < -0.4 is 14.8 Å². The van der Waals surface area contributed by atoms with Gasteiger partial charge in [0.15, 0.2) is 0 Å². The third kappa shape index (κ3) is 5.42. The lowest BCUT2D eigenvalue weighted by Gasteiger charge is -2.13. The summed E-state index contributed by atoms with van der Waals surface area (Å²) in [5.74, 6) is 0.383. The first-order valence-electron chi connectivity index (χ1n) is 10.5. The molecular weight excluding hydrogens is 480 g/mol. The number of carbonyl (C=O) groups is 2. The standard InChI is InChI=1S/C22H23ClN6O4S/c1-12-6-15(16-7-19(23)25-9-18(16)32-3)17(8-24-12)20(31)26-21-27-28-22(34-21)33-11-14-4-5-29(10-14)13(2)30/h6-9,14H,4-5,10-11H2,1-3H3,(H,26,27,31)/t14-/m1/s1. The maximum absolute atomic E-state index is 13.1. The molecule has 2 amide bonds. The third-order valence-electron chi connectivity index (χ3n) is 5.43. The van der Waals surface area contributed by atoms with Gasteiger partial charge < -0.3 is 14.4 Å². The monoisotopic (exact) mass is 502 g/mol. The minimum absolute atomic E-state index is 0.0695. The van der Waals surface area contributed by atoms with Gasteiger partial charge in [-0.1, -0.05) is 16.7 Å². The van der Waals surface area contributed by atoms with E-state index in [1.807, 2.05) is 6.92 Å². The van der Waals surface area contributed by atoms with Crippen molar-refractivity contribution in [2.75, 3.05) is 32.1 Å². The molecule has 1 aliphatic rings. The molecule has 0 radical (unpaired) electrons. The van der Waals surface area contributed by atoms with E-state index in [2.05, 4.69) is 25.5 Å². The number of likely N-dealkylation sites (tertiary alicyclic amines) is 1. The third-order valence-corrected chi connectivity index (χ3v) is 6.39. The molecule has 1 atom stereocenters. The first-order chi connectivity index (χ1) is 16.3. The minimum Gasteiger partial charge on any atom is -0.494 e. The van der Waals surface area contributed by atoms with Gasteiger partial charge in [0, 0.05) is 48.9 Å². The predicted molar refractivity (Wildman–Crippen MR) is 127 cm³/mol. The van der Waals surface area contributed by atoms with Crippen molar-refractivity contribution in [3.63, 3.8) is 0 Å². The fourth-order valence-corrected chi connectivity index (χ4v) is 4.44. The number of nitrogens with one attached hydrogen (secondary N) is 1. The normalized spacial score (nSPS) is 15.3. The molecule has 1 N–H and O–H groups in total. The van der Waals surface area contributed by atoms with E-state index >= 15 is 0 Å². The lowest BCUT2D eigenvalue weighted by atomic mass is 10.0. The van der Waals surface area contributed by atoms with E-state index in [-0.39, 0.29) is 17.0 Å². The number of aromatic nitrogens is 4. The van der Waals surface area contributed by atoms with Crippen LogP contribution >= 0.6 is 22.9 Å². The topological polar surface area (TPSA) is 119 Å². The highest BCUT2D eigenvalue weighted by Gasteiger charge is 2.25. The molecule has 1 saturated heterocycles. The van der Waals surface area contributed by atoms with Crippen LogP contribution in [-0.4, -0.2) is 63.7 Å². The second kappa shape index (κ2) is 10.3. The zero-order valence-corrected chi connectivity index (χ0v) is 20.4. The molecule has 4 heterocycles. The number of methoxy groups -OCH3 is 1. The van der Waals surface area contributed by atoms with Crippen molar-refractivity contribution in [1.29, 1.82) is 0 Å². The Hall–Kier alpha value is -3.31. The SMILES string of the molecule is COc1cnc(Cl)cc1-c1cc(C)ncc1C(=O)Nc1nnc(OC[C@@H]2CCN(C(C)=O)C2)s1. The van der Waals surface area contributed by atoms with Crippen LogP contribution in [0, 0.1) is 12.8 Å². The van der Waals surface area contributed by atoms with Gasteiger partial charge in [0.1, 0.15) is 10.9 Å². The van der Waals surface area contributed by atoms with Crippen molar-refractivity contribution in [2.45, 2.75) is 20.3 Å². The summed E-state index contributed by atoms with van der Waals surface area (Å²) in [6.07, 6.45) is 3.88. The smallest absolute Gasteiger partial charge is 0.295 e. The highest BCUT2D eigenvalue weighted by atomic mass is 35.5. The Balaban J connectivity index is 1.47. The molecule has 0 bridgehead atoms.